The highest BCUT2D eigenvalue weighted by atomic mass is 16.5. The highest BCUT2D eigenvalue weighted by molar-refractivity contribution is 5.94. The molecule has 8 nitrogen and oxygen atoms in total. The Morgan fingerprint density at radius 3 is 2.53 bits per heavy atom. The first-order valence-electron chi connectivity index (χ1n) is 11.7. The van der Waals surface area contributed by atoms with Crippen molar-refractivity contribution >= 4 is 17.5 Å². The minimum Gasteiger partial charge on any atom is -0.497 e. The largest absolute Gasteiger partial charge is 0.497 e. The van der Waals surface area contributed by atoms with Gasteiger partial charge in [0.1, 0.15) is 11.4 Å². The quantitative estimate of drug-likeness (QED) is 0.528. The minimum absolute atomic E-state index is 0.167. The number of esters is 1. The molecule has 0 unspecified atom stereocenters. The van der Waals surface area contributed by atoms with Crippen molar-refractivity contribution in [1.29, 1.82) is 0 Å². The van der Waals surface area contributed by atoms with Crippen LogP contribution in [-0.2, 0) is 14.9 Å². The monoisotopic (exact) mass is 464 g/mol. The fourth-order valence-electron chi connectivity index (χ4n) is 4.18. The third-order valence-corrected chi connectivity index (χ3v) is 6.13. The molecule has 180 valence electrons. The Labute approximate surface area is 199 Å². The number of aromatic nitrogens is 3. The number of carbonyl (C=O) groups is 2. The van der Waals surface area contributed by atoms with Gasteiger partial charge < -0.3 is 14.4 Å². The number of hydrogen-bond donors (Lipinski definition) is 0. The Kier molecular flexibility index (Phi) is 6.59. The van der Waals surface area contributed by atoms with Gasteiger partial charge in [0.2, 0.25) is 0 Å². The molecule has 0 N–H and O–H groups in total. The molecular weight excluding hydrogens is 432 g/mol. The number of ether oxygens (including phenoxy) is 2. The zero-order valence-corrected chi connectivity index (χ0v) is 20.5. The number of benzene rings is 1. The third-order valence-electron chi connectivity index (χ3n) is 6.13. The van der Waals surface area contributed by atoms with E-state index in [1.54, 1.807) is 29.5 Å². The van der Waals surface area contributed by atoms with Gasteiger partial charge in [-0.1, -0.05) is 20.8 Å². The van der Waals surface area contributed by atoms with Crippen molar-refractivity contribution in [2.45, 2.75) is 46.0 Å². The third kappa shape index (κ3) is 4.76. The average molecular weight is 465 g/mol. The van der Waals surface area contributed by atoms with Gasteiger partial charge in [0.15, 0.2) is 5.65 Å². The molecule has 1 fully saturated rings. The van der Waals surface area contributed by atoms with Crippen LogP contribution in [0.2, 0.25) is 0 Å². The number of likely N-dealkylation sites (tertiary alicyclic amines) is 1. The van der Waals surface area contributed by atoms with Gasteiger partial charge in [-0.2, -0.15) is 5.10 Å². The van der Waals surface area contributed by atoms with Gasteiger partial charge in [0, 0.05) is 30.1 Å². The molecule has 1 atom stereocenters. The molecule has 3 aromatic rings. The molecule has 0 saturated carbocycles. The first kappa shape index (κ1) is 23.7. The Hall–Kier alpha value is -3.42. The Balaban J connectivity index is 1.76. The van der Waals surface area contributed by atoms with Gasteiger partial charge in [0.05, 0.1) is 31.0 Å². The van der Waals surface area contributed by atoms with Crippen molar-refractivity contribution in [3.05, 3.63) is 47.8 Å². The number of piperidine rings is 1. The van der Waals surface area contributed by atoms with Crippen LogP contribution in [0.25, 0.3) is 16.9 Å². The molecule has 1 amide bonds. The lowest BCUT2D eigenvalue weighted by Crippen LogP contribution is -2.43. The molecular formula is C26H32N4O4. The summed E-state index contributed by atoms with van der Waals surface area (Å²) in [5.41, 5.74) is 3.24. The van der Waals surface area contributed by atoms with Crippen molar-refractivity contribution < 1.29 is 19.1 Å². The molecule has 2 aromatic heterocycles. The summed E-state index contributed by atoms with van der Waals surface area (Å²) in [7, 11) is 1.62. The van der Waals surface area contributed by atoms with Gasteiger partial charge >= 0.3 is 5.97 Å². The number of hydrogen-bond acceptors (Lipinski definition) is 6. The zero-order chi connectivity index (χ0) is 24.5. The van der Waals surface area contributed by atoms with E-state index in [9.17, 15) is 9.59 Å². The average Bonchev–Trinajstić information content (AvgIpc) is 3.28. The van der Waals surface area contributed by atoms with Gasteiger partial charge in [-0.25, -0.2) is 9.50 Å². The second-order valence-corrected chi connectivity index (χ2v) is 9.65. The molecule has 1 aliphatic rings. The van der Waals surface area contributed by atoms with Gasteiger partial charge in [0.25, 0.3) is 5.91 Å². The van der Waals surface area contributed by atoms with Gasteiger partial charge in [-0.3, -0.25) is 9.59 Å². The molecule has 0 bridgehead atoms. The number of fused-ring (bicyclic) bond motifs is 1. The fraction of sp³-hybridized carbons (Fsp3) is 0.462. The predicted molar refractivity (Wildman–Crippen MR) is 129 cm³/mol. The van der Waals surface area contributed by atoms with E-state index in [1.807, 2.05) is 30.3 Å². The topological polar surface area (TPSA) is 86.0 Å². The normalized spacial score (nSPS) is 16.5. The number of nitrogens with zero attached hydrogens (tertiary/aromatic N) is 4. The molecule has 1 saturated heterocycles. The van der Waals surface area contributed by atoms with E-state index in [0.29, 0.717) is 36.7 Å². The number of rotatable bonds is 5. The van der Waals surface area contributed by atoms with E-state index >= 15 is 0 Å². The van der Waals surface area contributed by atoms with Crippen LogP contribution in [0, 0.1) is 5.92 Å². The smallest absolute Gasteiger partial charge is 0.310 e. The summed E-state index contributed by atoms with van der Waals surface area (Å²) in [5.74, 6) is 0.0326. The molecule has 4 rings (SSSR count). The van der Waals surface area contributed by atoms with Crippen molar-refractivity contribution in [2.24, 2.45) is 5.92 Å². The first-order valence-corrected chi connectivity index (χ1v) is 11.7. The molecule has 0 aliphatic carbocycles. The first-order chi connectivity index (χ1) is 16.2. The van der Waals surface area contributed by atoms with Crippen LogP contribution in [0.15, 0.2) is 36.4 Å². The number of amides is 1. The van der Waals surface area contributed by atoms with Crippen molar-refractivity contribution in [3.8, 4) is 17.0 Å². The van der Waals surface area contributed by atoms with Crippen LogP contribution in [0.3, 0.4) is 0 Å². The molecule has 34 heavy (non-hydrogen) atoms. The highest BCUT2D eigenvalue weighted by Crippen LogP contribution is 2.28. The van der Waals surface area contributed by atoms with Crippen LogP contribution in [0.1, 0.15) is 56.7 Å². The van der Waals surface area contributed by atoms with Crippen molar-refractivity contribution in [3.63, 3.8) is 0 Å². The summed E-state index contributed by atoms with van der Waals surface area (Å²) < 4.78 is 12.1. The van der Waals surface area contributed by atoms with Crippen molar-refractivity contribution in [2.75, 3.05) is 26.8 Å². The summed E-state index contributed by atoms with van der Waals surface area (Å²) in [6, 6.07) is 11.3. The summed E-state index contributed by atoms with van der Waals surface area (Å²) in [4.78, 5) is 32.6. The Bertz CT molecular complexity index is 1190. The van der Waals surface area contributed by atoms with E-state index in [1.165, 1.54) is 0 Å². The number of carbonyl (C=O) groups excluding carboxylic acids is 2. The van der Waals surface area contributed by atoms with Gasteiger partial charge in [-0.05, 0) is 50.1 Å². The van der Waals surface area contributed by atoms with E-state index in [0.717, 1.165) is 29.8 Å². The van der Waals surface area contributed by atoms with Crippen LogP contribution >= 0.6 is 0 Å². The zero-order valence-electron chi connectivity index (χ0n) is 20.5. The second kappa shape index (κ2) is 9.44. The highest BCUT2D eigenvalue weighted by Gasteiger charge is 2.31. The minimum atomic E-state index is -0.307. The Morgan fingerprint density at radius 2 is 1.88 bits per heavy atom. The van der Waals surface area contributed by atoms with Crippen LogP contribution in [0.5, 0.6) is 5.75 Å². The molecule has 1 aromatic carbocycles. The predicted octanol–water partition coefficient (Wildman–Crippen LogP) is 4.12. The summed E-state index contributed by atoms with van der Waals surface area (Å²) in [5, 5.41) is 4.74. The van der Waals surface area contributed by atoms with Gasteiger partial charge in [-0.15, -0.1) is 0 Å². The van der Waals surface area contributed by atoms with Crippen molar-refractivity contribution in [1.82, 2.24) is 19.5 Å². The maximum absolute atomic E-state index is 13.7. The maximum atomic E-state index is 13.7. The molecule has 3 heterocycles. The second-order valence-electron chi connectivity index (χ2n) is 9.65. The molecule has 1 aliphatic heterocycles. The molecule has 8 heteroatoms. The maximum Gasteiger partial charge on any atom is 0.310 e. The molecule has 0 spiro atoms. The van der Waals surface area contributed by atoms with Crippen LogP contribution in [0.4, 0.5) is 0 Å². The van der Waals surface area contributed by atoms with E-state index < -0.39 is 0 Å². The van der Waals surface area contributed by atoms with Crippen LogP contribution in [-0.4, -0.2) is 58.2 Å². The Morgan fingerprint density at radius 1 is 1.15 bits per heavy atom. The fourth-order valence-corrected chi connectivity index (χ4v) is 4.18. The van der Waals surface area contributed by atoms with E-state index in [4.69, 9.17) is 19.6 Å². The SMILES string of the molecule is CCOC(=O)[C@H]1CCCN(C(=O)c2cc(-c3ccc(OC)cc3)nc3cc(C(C)(C)C)nn23)C1. The van der Waals surface area contributed by atoms with Crippen LogP contribution < -0.4 is 4.74 Å². The van der Waals surface area contributed by atoms with E-state index in [2.05, 4.69) is 20.8 Å². The summed E-state index contributed by atoms with van der Waals surface area (Å²) >= 11 is 0. The number of methoxy groups -OCH3 is 1. The lowest BCUT2D eigenvalue weighted by molar-refractivity contribution is -0.149. The van der Waals surface area contributed by atoms with E-state index in [-0.39, 0.29) is 23.2 Å². The lowest BCUT2D eigenvalue weighted by atomic mass is 9.93. The summed E-state index contributed by atoms with van der Waals surface area (Å²) in [6.07, 6.45) is 1.47. The standard InChI is InChI=1S/C26H32N4O4/c1-6-34-25(32)18-8-7-13-29(16-18)24(31)21-14-20(17-9-11-19(33-5)12-10-17)27-23-15-22(26(2,3)4)28-30(21)23/h9-12,14-15,18H,6-8,13,16H2,1-5H3/t18-/m0/s1. The molecule has 0 radical (unpaired) electrons. The summed E-state index contributed by atoms with van der Waals surface area (Å²) in [6.45, 7) is 9.29. The lowest BCUT2D eigenvalue weighted by Gasteiger charge is -2.31.